The van der Waals surface area contributed by atoms with Crippen molar-refractivity contribution in [3.63, 3.8) is 0 Å². The molecule has 0 saturated heterocycles. The molecule has 0 aliphatic carbocycles. The summed E-state index contributed by atoms with van der Waals surface area (Å²) < 4.78 is 0.986. The second-order valence-electron chi connectivity index (χ2n) is 4.76. The standard InChI is InChI=1S/C17H17BrCl2/c1-3-11-5-6-13(9-12(11)4-2)17(20)15-10-14(19)7-8-16(15)18/h5-10,17H,3-4H2,1-2H3. The van der Waals surface area contributed by atoms with Crippen LogP contribution in [0.15, 0.2) is 40.9 Å². The van der Waals surface area contributed by atoms with E-state index in [-0.39, 0.29) is 5.38 Å². The molecular formula is C17H17BrCl2. The molecule has 1 unspecified atom stereocenters. The van der Waals surface area contributed by atoms with Crippen molar-refractivity contribution in [2.75, 3.05) is 0 Å². The molecule has 0 saturated carbocycles. The highest BCUT2D eigenvalue weighted by molar-refractivity contribution is 9.10. The maximum atomic E-state index is 6.64. The van der Waals surface area contributed by atoms with Gasteiger partial charge in [0.05, 0.1) is 5.38 Å². The molecule has 2 aromatic carbocycles. The SMILES string of the molecule is CCc1ccc(C(Cl)c2cc(Cl)ccc2Br)cc1CC. The summed E-state index contributed by atoms with van der Waals surface area (Å²) in [6, 6.07) is 12.2. The van der Waals surface area contributed by atoms with Gasteiger partial charge in [0.1, 0.15) is 0 Å². The molecule has 0 bridgehead atoms. The van der Waals surface area contributed by atoms with Gasteiger partial charge in [-0.2, -0.15) is 0 Å². The van der Waals surface area contributed by atoms with E-state index in [4.69, 9.17) is 23.2 Å². The van der Waals surface area contributed by atoms with Gasteiger partial charge in [-0.25, -0.2) is 0 Å². The van der Waals surface area contributed by atoms with Crippen molar-refractivity contribution in [1.29, 1.82) is 0 Å². The Kier molecular flexibility index (Phi) is 5.54. The minimum Gasteiger partial charge on any atom is -0.113 e. The molecule has 2 rings (SSSR count). The highest BCUT2D eigenvalue weighted by atomic mass is 79.9. The van der Waals surface area contributed by atoms with Crippen LogP contribution in [-0.2, 0) is 12.8 Å². The molecule has 2 aromatic rings. The Labute approximate surface area is 139 Å². The number of hydrogen-bond acceptors (Lipinski definition) is 0. The Morgan fingerprint density at radius 3 is 2.35 bits per heavy atom. The summed E-state index contributed by atoms with van der Waals surface area (Å²) in [5.74, 6) is 0. The van der Waals surface area contributed by atoms with Crippen LogP contribution in [0.25, 0.3) is 0 Å². The van der Waals surface area contributed by atoms with E-state index in [0.29, 0.717) is 5.02 Å². The van der Waals surface area contributed by atoms with E-state index in [1.807, 2.05) is 18.2 Å². The van der Waals surface area contributed by atoms with Gasteiger partial charge in [0.15, 0.2) is 0 Å². The first-order valence-electron chi connectivity index (χ1n) is 6.77. The van der Waals surface area contributed by atoms with Crippen LogP contribution in [0.4, 0.5) is 0 Å². The molecule has 0 amide bonds. The molecule has 0 fully saturated rings. The second kappa shape index (κ2) is 6.98. The maximum Gasteiger partial charge on any atom is 0.0846 e. The first-order valence-corrected chi connectivity index (χ1v) is 8.38. The Bertz CT molecular complexity index is 608. The fourth-order valence-corrected chi connectivity index (χ4v) is 3.47. The minimum atomic E-state index is -0.195. The van der Waals surface area contributed by atoms with Crippen LogP contribution in [0.5, 0.6) is 0 Å². The molecule has 0 nitrogen and oxygen atoms in total. The molecule has 0 heterocycles. The predicted octanol–water partition coefficient (Wildman–Crippen LogP) is 6.56. The van der Waals surface area contributed by atoms with Gasteiger partial charge >= 0.3 is 0 Å². The maximum absolute atomic E-state index is 6.64. The second-order valence-corrected chi connectivity index (χ2v) is 6.49. The number of rotatable bonds is 4. The highest BCUT2D eigenvalue weighted by Gasteiger charge is 2.15. The van der Waals surface area contributed by atoms with Gasteiger partial charge in [-0.15, -0.1) is 11.6 Å². The summed E-state index contributed by atoms with van der Waals surface area (Å²) in [6.45, 7) is 4.36. The van der Waals surface area contributed by atoms with Crippen molar-refractivity contribution in [2.45, 2.75) is 32.1 Å². The fourth-order valence-electron chi connectivity index (χ4n) is 2.37. The quantitative estimate of drug-likeness (QED) is 0.534. The number of halogens is 3. The minimum absolute atomic E-state index is 0.195. The summed E-state index contributed by atoms with van der Waals surface area (Å²) in [5.41, 5.74) is 4.88. The van der Waals surface area contributed by atoms with Crippen molar-refractivity contribution < 1.29 is 0 Å². The van der Waals surface area contributed by atoms with E-state index in [1.165, 1.54) is 11.1 Å². The predicted molar refractivity (Wildman–Crippen MR) is 92.0 cm³/mol. The van der Waals surface area contributed by atoms with Gasteiger partial charge in [-0.1, -0.05) is 59.6 Å². The monoisotopic (exact) mass is 370 g/mol. The van der Waals surface area contributed by atoms with Gasteiger partial charge in [0.2, 0.25) is 0 Å². The lowest BCUT2D eigenvalue weighted by atomic mass is 9.96. The van der Waals surface area contributed by atoms with Gasteiger partial charge in [-0.3, -0.25) is 0 Å². The van der Waals surface area contributed by atoms with Gasteiger partial charge in [-0.05, 0) is 53.3 Å². The fraction of sp³-hybridized carbons (Fsp3) is 0.294. The van der Waals surface area contributed by atoms with Crippen LogP contribution in [0.3, 0.4) is 0 Å². The molecule has 0 N–H and O–H groups in total. The van der Waals surface area contributed by atoms with Gasteiger partial charge in [0, 0.05) is 9.50 Å². The largest absolute Gasteiger partial charge is 0.113 e. The lowest BCUT2D eigenvalue weighted by Gasteiger charge is -2.15. The summed E-state index contributed by atoms with van der Waals surface area (Å²) in [5, 5.41) is 0.508. The Morgan fingerprint density at radius 2 is 1.70 bits per heavy atom. The first kappa shape index (κ1) is 15.9. The van der Waals surface area contributed by atoms with E-state index >= 15 is 0 Å². The van der Waals surface area contributed by atoms with E-state index in [2.05, 4.69) is 48.0 Å². The van der Waals surface area contributed by atoms with Crippen molar-refractivity contribution >= 4 is 39.1 Å². The summed E-state index contributed by atoms with van der Waals surface area (Å²) in [4.78, 5) is 0. The van der Waals surface area contributed by atoms with Crippen molar-refractivity contribution in [3.05, 3.63) is 68.1 Å². The molecule has 0 radical (unpaired) electrons. The zero-order chi connectivity index (χ0) is 14.7. The van der Waals surface area contributed by atoms with E-state index in [1.54, 1.807) is 0 Å². The smallest absolute Gasteiger partial charge is 0.0846 e. The van der Waals surface area contributed by atoms with Crippen LogP contribution in [0.1, 0.15) is 41.5 Å². The van der Waals surface area contributed by atoms with E-state index in [0.717, 1.165) is 28.4 Å². The van der Waals surface area contributed by atoms with Gasteiger partial charge < -0.3 is 0 Å². The zero-order valence-electron chi connectivity index (χ0n) is 11.6. The number of aryl methyl sites for hydroxylation is 2. The van der Waals surface area contributed by atoms with Crippen LogP contribution in [-0.4, -0.2) is 0 Å². The molecular weight excluding hydrogens is 355 g/mol. The molecule has 3 heteroatoms. The number of hydrogen-bond donors (Lipinski definition) is 0. The van der Waals surface area contributed by atoms with E-state index in [9.17, 15) is 0 Å². The molecule has 106 valence electrons. The van der Waals surface area contributed by atoms with Crippen molar-refractivity contribution in [2.24, 2.45) is 0 Å². The normalized spacial score (nSPS) is 12.4. The Morgan fingerprint density at radius 1 is 1.00 bits per heavy atom. The third kappa shape index (κ3) is 3.39. The Balaban J connectivity index is 2.42. The van der Waals surface area contributed by atoms with Crippen LogP contribution in [0.2, 0.25) is 5.02 Å². The van der Waals surface area contributed by atoms with Crippen molar-refractivity contribution in [3.8, 4) is 0 Å². The van der Waals surface area contributed by atoms with Gasteiger partial charge in [0.25, 0.3) is 0 Å². The average Bonchev–Trinajstić information content (AvgIpc) is 2.48. The summed E-state index contributed by atoms with van der Waals surface area (Å²) in [6.07, 6.45) is 2.08. The summed E-state index contributed by atoms with van der Waals surface area (Å²) >= 11 is 16.3. The topological polar surface area (TPSA) is 0 Å². The third-order valence-electron chi connectivity index (χ3n) is 3.52. The number of alkyl halides is 1. The van der Waals surface area contributed by atoms with E-state index < -0.39 is 0 Å². The molecule has 0 spiro atoms. The zero-order valence-corrected chi connectivity index (χ0v) is 14.7. The lowest BCUT2D eigenvalue weighted by Crippen LogP contribution is -1.98. The Hall–Kier alpha value is -0.500. The average molecular weight is 372 g/mol. The third-order valence-corrected chi connectivity index (χ3v) is 4.96. The highest BCUT2D eigenvalue weighted by Crippen LogP contribution is 2.36. The van der Waals surface area contributed by atoms with Crippen LogP contribution in [0, 0.1) is 0 Å². The van der Waals surface area contributed by atoms with Crippen LogP contribution < -0.4 is 0 Å². The van der Waals surface area contributed by atoms with Crippen molar-refractivity contribution in [1.82, 2.24) is 0 Å². The van der Waals surface area contributed by atoms with Crippen LogP contribution >= 0.6 is 39.1 Å². The molecule has 20 heavy (non-hydrogen) atoms. The molecule has 0 aromatic heterocycles. The molecule has 1 atom stereocenters. The number of benzene rings is 2. The molecule has 0 aliphatic rings. The first-order chi connectivity index (χ1) is 9.56. The lowest BCUT2D eigenvalue weighted by molar-refractivity contribution is 1.01. The molecule has 0 aliphatic heterocycles. The summed E-state index contributed by atoms with van der Waals surface area (Å²) in [7, 11) is 0.